The lowest BCUT2D eigenvalue weighted by Gasteiger charge is -2.40. The molecule has 1 aliphatic rings. The van der Waals surface area contributed by atoms with Crippen molar-refractivity contribution in [3.05, 3.63) is 22.2 Å². The first-order chi connectivity index (χ1) is 8.84. The van der Waals surface area contributed by atoms with Gasteiger partial charge in [-0.15, -0.1) is 11.3 Å². The van der Waals surface area contributed by atoms with Gasteiger partial charge in [-0.05, 0) is 6.92 Å². The molecule has 20 heavy (non-hydrogen) atoms. The Morgan fingerprint density at radius 1 is 0.950 bits per heavy atom. The van der Waals surface area contributed by atoms with Gasteiger partial charge in [0.2, 0.25) is 0 Å². The standard InChI is InChI=1S/C10H5F8NS/c1-4-3-19-6(20-4)5-2-7(11,12)9(15,16)10(17,18)8(5,13)14/h2-3H,1H3. The minimum Gasteiger partial charge on any atom is -0.244 e. The summed E-state index contributed by atoms with van der Waals surface area (Å²) in [4.78, 5) is 3.55. The average Bonchev–Trinajstić information content (AvgIpc) is 2.70. The summed E-state index contributed by atoms with van der Waals surface area (Å²) in [5.74, 6) is -23.3. The molecule has 0 radical (unpaired) electrons. The van der Waals surface area contributed by atoms with E-state index in [2.05, 4.69) is 4.98 Å². The van der Waals surface area contributed by atoms with Crippen molar-refractivity contribution in [3.63, 3.8) is 0 Å². The molecule has 0 spiro atoms. The second-order valence-corrected chi connectivity index (χ2v) is 5.41. The predicted octanol–water partition coefficient (Wildman–Crippen LogP) is 4.39. The number of aromatic nitrogens is 1. The van der Waals surface area contributed by atoms with Crippen LogP contribution in [0.3, 0.4) is 0 Å². The molecular weight excluding hydrogens is 318 g/mol. The number of hydrogen-bond donors (Lipinski definition) is 0. The molecule has 0 N–H and O–H groups in total. The van der Waals surface area contributed by atoms with Gasteiger partial charge in [-0.2, -0.15) is 35.1 Å². The molecule has 112 valence electrons. The Hall–Kier alpha value is -1.19. The molecule has 1 aromatic rings. The lowest BCUT2D eigenvalue weighted by molar-refractivity contribution is -0.348. The first-order valence-corrected chi connectivity index (χ1v) is 5.83. The fraction of sp³-hybridized carbons (Fsp3) is 0.500. The van der Waals surface area contributed by atoms with E-state index < -0.39 is 40.3 Å². The minimum absolute atomic E-state index is 0.278. The van der Waals surface area contributed by atoms with E-state index in [9.17, 15) is 35.1 Å². The molecule has 0 fully saturated rings. The predicted molar refractivity (Wildman–Crippen MR) is 54.6 cm³/mol. The van der Waals surface area contributed by atoms with Crippen molar-refractivity contribution in [1.29, 1.82) is 0 Å². The molecule has 1 nitrogen and oxygen atoms in total. The summed E-state index contributed by atoms with van der Waals surface area (Å²) in [7, 11) is 0. The summed E-state index contributed by atoms with van der Waals surface area (Å²) < 4.78 is 105. The zero-order valence-electron chi connectivity index (χ0n) is 9.53. The lowest BCUT2D eigenvalue weighted by atomic mass is 9.86. The van der Waals surface area contributed by atoms with Crippen LogP contribution in [0, 0.1) is 6.92 Å². The van der Waals surface area contributed by atoms with Crippen LogP contribution in [0.5, 0.6) is 0 Å². The maximum atomic E-state index is 13.5. The third-order valence-corrected chi connectivity index (χ3v) is 3.67. The Morgan fingerprint density at radius 2 is 1.50 bits per heavy atom. The monoisotopic (exact) mass is 323 g/mol. The molecule has 0 saturated carbocycles. The first-order valence-electron chi connectivity index (χ1n) is 5.02. The van der Waals surface area contributed by atoms with Crippen molar-refractivity contribution in [2.24, 2.45) is 0 Å². The zero-order chi connectivity index (χ0) is 15.6. The van der Waals surface area contributed by atoms with Crippen LogP contribution in [0.4, 0.5) is 35.1 Å². The molecule has 2 rings (SSSR count). The van der Waals surface area contributed by atoms with Crippen molar-refractivity contribution in [2.45, 2.75) is 30.6 Å². The van der Waals surface area contributed by atoms with Crippen molar-refractivity contribution in [3.8, 4) is 0 Å². The average molecular weight is 323 g/mol. The van der Waals surface area contributed by atoms with Crippen LogP contribution in [0.1, 0.15) is 9.88 Å². The second kappa shape index (κ2) is 3.92. The van der Waals surface area contributed by atoms with Crippen LogP contribution in [-0.4, -0.2) is 28.7 Å². The molecule has 0 aliphatic heterocycles. The van der Waals surface area contributed by atoms with Crippen LogP contribution >= 0.6 is 11.3 Å². The zero-order valence-corrected chi connectivity index (χ0v) is 10.4. The Morgan fingerprint density at radius 3 is 1.95 bits per heavy atom. The first kappa shape index (κ1) is 15.2. The normalized spacial score (nSPS) is 26.1. The molecule has 0 atom stereocenters. The molecule has 1 heterocycles. The van der Waals surface area contributed by atoms with Gasteiger partial charge in [0, 0.05) is 17.2 Å². The van der Waals surface area contributed by atoms with E-state index in [0.29, 0.717) is 11.3 Å². The highest BCUT2D eigenvalue weighted by Gasteiger charge is 2.84. The molecule has 0 saturated heterocycles. The maximum absolute atomic E-state index is 13.5. The van der Waals surface area contributed by atoms with Crippen LogP contribution in [-0.2, 0) is 0 Å². The number of hydrogen-bond acceptors (Lipinski definition) is 2. The van der Waals surface area contributed by atoms with Crippen LogP contribution in [0.2, 0.25) is 0 Å². The number of halogens is 8. The van der Waals surface area contributed by atoms with Crippen molar-refractivity contribution < 1.29 is 35.1 Å². The van der Waals surface area contributed by atoms with Gasteiger partial charge in [-0.1, -0.05) is 0 Å². The summed E-state index contributed by atoms with van der Waals surface area (Å²) >= 11 is 0.427. The van der Waals surface area contributed by atoms with Crippen molar-refractivity contribution in [2.75, 3.05) is 0 Å². The summed E-state index contributed by atoms with van der Waals surface area (Å²) in [5, 5.41) is -0.845. The molecule has 0 amide bonds. The van der Waals surface area contributed by atoms with Gasteiger partial charge in [-0.3, -0.25) is 0 Å². The molecule has 1 aliphatic carbocycles. The highest BCUT2D eigenvalue weighted by molar-refractivity contribution is 7.12. The molecular formula is C10H5F8NS. The number of alkyl halides is 8. The molecule has 0 unspecified atom stereocenters. The highest BCUT2D eigenvalue weighted by Crippen LogP contribution is 2.61. The Labute approximate surface area is 110 Å². The fourth-order valence-electron chi connectivity index (χ4n) is 1.61. The van der Waals surface area contributed by atoms with Gasteiger partial charge in [-0.25, -0.2) is 4.98 Å². The van der Waals surface area contributed by atoms with Crippen LogP contribution in [0.15, 0.2) is 12.3 Å². The lowest BCUT2D eigenvalue weighted by Crippen LogP contribution is -2.64. The van der Waals surface area contributed by atoms with E-state index in [0.717, 1.165) is 6.20 Å². The third-order valence-electron chi connectivity index (χ3n) is 2.72. The van der Waals surface area contributed by atoms with E-state index >= 15 is 0 Å². The number of thiazole rings is 1. The number of allylic oxidation sites excluding steroid dienone is 2. The largest absolute Gasteiger partial charge is 0.383 e. The van der Waals surface area contributed by atoms with Crippen molar-refractivity contribution >= 4 is 16.9 Å². The van der Waals surface area contributed by atoms with E-state index in [-0.39, 0.29) is 4.88 Å². The topological polar surface area (TPSA) is 12.9 Å². The van der Waals surface area contributed by atoms with E-state index in [4.69, 9.17) is 0 Å². The third kappa shape index (κ3) is 1.69. The molecule has 1 aromatic heterocycles. The Balaban J connectivity index is 2.72. The number of aryl methyl sites for hydroxylation is 1. The summed E-state index contributed by atoms with van der Waals surface area (Å²) in [5.41, 5.74) is -1.89. The summed E-state index contributed by atoms with van der Waals surface area (Å²) in [6.07, 6.45) is 0.155. The van der Waals surface area contributed by atoms with Crippen molar-refractivity contribution in [1.82, 2.24) is 4.98 Å². The minimum atomic E-state index is -6.23. The van der Waals surface area contributed by atoms with Gasteiger partial charge < -0.3 is 0 Å². The molecule has 10 heteroatoms. The summed E-state index contributed by atoms with van der Waals surface area (Å²) in [6.45, 7) is 1.37. The van der Waals surface area contributed by atoms with Gasteiger partial charge in [0.25, 0.3) is 0 Å². The smallest absolute Gasteiger partial charge is 0.244 e. The fourth-order valence-corrected chi connectivity index (χ4v) is 2.43. The van der Waals surface area contributed by atoms with Gasteiger partial charge >= 0.3 is 23.7 Å². The summed E-state index contributed by atoms with van der Waals surface area (Å²) in [6, 6.07) is 0. The van der Waals surface area contributed by atoms with Gasteiger partial charge in [0.1, 0.15) is 5.01 Å². The second-order valence-electron chi connectivity index (χ2n) is 4.18. The maximum Gasteiger partial charge on any atom is 0.383 e. The number of nitrogens with zero attached hydrogens (tertiary/aromatic N) is 1. The van der Waals surface area contributed by atoms with Crippen LogP contribution < -0.4 is 0 Å². The van der Waals surface area contributed by atoms with E-state index in [1.54, 1.807) is 0 Å². The number of rotatable bonds is 1. The Kier molecular flexibility index (Phi) is 2.98. The van der Waals surface area contributed by atoms with Gasteiger partial charge in [0.15, 0.2) is 0 Å². The van der Waals surface area contributed by atoms with E-state index in [1.807, 2.05) is 0 Å². The Bertz CT molecular complexity index is 574. The molecule has 0 aromatic carbocycles. The van der Waals surface area contributed by atoms with E-state index in [1.165, 1.54) is 6.92 Å². The quantitative estimate of drug-likeness (QED) is 0.699. The highest BCUT2D eigenvalue weighted by atomic mass is 32.1. The SMILES string of the molecule is Cc1cnc(C2=CC(F)(F)C(F)(F)C(F)(F)C2(F)F)s1. The van der Waals surface area contributed by atoms with Gasteiger partial charge in [0.05, 0.1) is 5.57 Å². The molecule has 0 bridgehead atoms. The van der Waals surface area contributed by atoms with Crippen LogP contribution in [0.25, 0.3) is 5.57 Å².